The molecule has 3 nitrogen and oxygen atoms in total. The molecule has 0 spiro atoms. The van der Waals surface area contributed by atoms with E-state index in [1.807, 2.05) is 5.38 Å². The minimum absolute atomic E-state index is 0.168. The van der Waals surface area contributed by atoms with Crippen molar-refractivity contribution in [3.63, 3.8) is 0 Å². The highest BCUT2D eigenvalue weighted by Crippen LogP contribution is 2.30. The zero-order chi connectivity index (χ0) is 9.97. The van der Waals surface area contributed by atoms with Crippen LogP contribution < -0.4 is 0 Å². The average molecular weight is 213 g/mol. The van der Waals surface area contributed by atoms with Gasteiger partial charge in [0.25, 0.3) is 0 Å². The van der Waals surface area contributed by atoms with Crippen molar-refractivity contribution in [1.29, 1.82) is 0 Å². The molecule has 0 saturated carbocycles. The highest BCUT2D eigenvalue weighted by Gasteiger charge is 2.19. The van der Waals surface area contributed by atoms with Crippen molar-refractivity contribution >= 4 is 11.3 Å². The van der Waals surface area contributed by atoms with Crippen LogP contribution in [0.15, 0.2) is 5.38 Å². The number of aliphatic hydroxyl groups is 1. The summed E-state index contributed by atoms with van der Waals surface area (Å²) in [6, 6.07) is 0. The molecule has 0 amide bonds. The van der Waals surface area contributed by atoms with E-state index in [-0.39, 0.29) is 6.10 Å². The van der Waals surface area contributed by atoms with Crippen molar-refractivity contribution in [1.82, 2.24) is 4.98 Å². The van der Waals surface area contributed by atoms with Crippen LogP contribution in [-0.4, -0.2) is 16.7 Å². The second kappa shape index (κ2) is 4.38. The van der Waals surface area contributed by atoms with E-state index in [0.717, 1.165) is 30.2 Å². The fourth-order valence-corrected chi connectivity index (χ4v) is 2.56. The molecule has 14 heavy (non-hydrogen) atoms. The van der Waals surface area contributed by atoms with Gasteiger partial charge >= 0.3 is 0 Å². The minimum atomic E-state index is -0.469. The number of ether oxygens (including phenoxy) is 1. The van der Waals surface area contributed by atoms with Crippen LogP contribution in [0.4, 0.5) is 0 Å². The topological polar surface area (TPSA) is 42.4 Å². The van der Waals surface area contributed by atoms with Gasteiger partial charge in [0.15, 0.2) is 0 Å². The minimum Gasteiger partial charge on any atom is -0.387 e. The molecule has 0 radical (unpaired) electrons. The van der Waals surface area contributed by atoms with E-state index in [9.17, 15) is 5.11 Å². The van der Waals surface area contributed by atoms with E-state index in [1.165, 1.54) is 6.42 Å². The SMILES string of the molecule is CC(O)c1csc(C2CCCCO2)n1. The van der Waals surface area contributed by atoms with Crippen LogP contribution in [0.3, 0.4) is 0 Å². The quantitative estimate of drug-likeness (QED) is 0.820. The fraction of sp³-hybridized carbons (Fsp3) is 0.700. The standard InChI is InChI=1S/C10H15NO2S/c1-7(12)8-6-14-10(11-8)9-4-2-3-5-13-9/h6-7,9,12H,2-5H2,1H3. The zero-order valence-electron chi connectivity index (χ0n) is 8.27. The summed E-state index contributed by atoms with van der Waals surface area (Å²) in [5, 5.41) is 12.3. The molecule has 2 heterocycles. The third kappa shape index (κ3) is 2.13. The second-order valence-corrected chi connectivity index (χ2v) is 4.53. The smallest absolute Gasteiger partial charge is 0.122 e. The number of hydrogen-bond donors (Lipinski definition) is 1. The van der Waals surface area contributed by atoms with Crippen molar-refractivity contribution in [2.75, 3.05) is 6.61 Å². The highest BCUT2D eigenvalue weighted by atomic mass is 32.1. The largest absolute Gasteiger partial charge is 0.387 e. The molecule has 2 rings (SSSR count). The summed E-state index contributed by atoms with van der Waals surface area (Å²) < 4.78 is 5.62. The van der Waals surface area contributed by atoms with Crippen LogP contribution >= 0.6 is 11.3 Å². The van der Waals surface area contributed by atoms with Crippen molar-refractivity contribution < 1.29 is 9.84 Å². The third-order valence-electron chi connectivity index (χ3n) is 2.42. The Hall–Kier alpha value is -0.450. The van der Waals surface area contributed by atoms with E-state index in [1.54, 1.807) is 18.3 Å². The van der Waals surface area contributed by atoms with Gasteiger partial charge in [0.2, 0.25) is 0 Å². The molecule has 0 aliphatic carbocycles. The molecule has 0 aromatic carbocycles. The molecular weight excluding hydrogens is 198 g/mol. The van der Waals surface area contributed by atoms with Gasteiger partial charge in [-0.25, -0.2) is 4.98 Å². The third-order valence-corrected chi connectivity index (χ3v) is 3.38. The van der Waals surface area contributed by atoms with Gasteiger partial charge in [0.05, 0.1) is 11.8 Å². The van der Waals surface area contributed by atoms with Gasteiger partial charge in [-0.2, -0.15) is 0 Å². The van der Waals surface area contributed by atoms with Crippen LogP contribution in [0, 0.1) is 0 Å². The van der Waals surface area contributed by atoms with Gasteiger partial charge < -0.3 is 9.84 Å². The Kier molecular flexibility index (Phi) is 3.15. The van der Waals surface area contributed by atoms with E-state index in [0.29, 0.717) is 0 Å². The van der Waals surface area contributed by atoms with E-state index >= 15 is 0 Å². The predicted octanol–water partition coefficient (Wildman–Crippen LogP) is 2.44. The summed E-state index contributed by atoms with van der Waals surface area (Å²) in [4.78, 5) is 4.38. The number of thiazole rings is 1. The predicted molar refractivity (Wildman–Crippen MR) is 55.3 cm³/mol. The Labute approximate surface area is 87.7 Å². The number of aromatic nitrogens is 1. The second-order valence-electron chi connectivity index (χ2n) is 3.64. The lowest BCUT2D eigenvalue weighted by Gasteiger charge is -2.20. The zero-order valence-corrected chi connectivity index (χ0v) is 9.09. The maximum absolute atomic E-state index is 9.34. The number of rotatable bonds is 2. The van der Waals surface area contributed by atoms with Gasteiger partial charge in [-0.3, -0.25) is 0 Å². The Bertz CT molecular complexity index is 292. The Morgan fingerprint density at radius 3 is 3.07 bits per heavy atom. The summed E-state index contributed by atoms with van der Waals surface area (Å²) in [6.07, 6.45) is 3.14. The van der Waals surface area contributed by atoms with Crippen LogP contribution in [0.1, 0.15) is 49.1 Å². The molecular formula is C10H15NO2S. The lowest BCUT2D eigenvalue weighted by atomic mass is 10.1. The molecule has 1 fully saturated rings. The van der Waals surface area contributed by atoms with Gasteiger partial charge in [-0.05, 0) is 26.2 Å². The van der Waals surface area contributed by atoms with Gasteiger partial charge in [-0.1, -0.05) is 0 Å². The molecule has 1 saturated heterocycles. The molecule has 1 aliphatic heterocycles. The monoisotopic (exact) mass is 213 g/mol. The summed E-state index contributed by atoms with van der Waals surface area (Å²) in [7, 11) is 0. The summed E-state index contributed by atoms with van der Waals surface area (Å²) >= 11 is 1.59. The maximum atomic E-state index is 9.34. The summed E-state index contributed by atoms with van der Waals surface area (Å²) in [5.74, 6) is 0. The number of nitrogens with zero attached hydrogens (tertiary/aromatic N) is 1. The first-order valence-corrected chi connectivity index (χ1v) is 5.90. The molecule has 78 valence electrons. The van der Waals surface area contributed by atoms with Crippen molar-refractivity contribution in [3.05, 3.63) is 16.1 Å². The van der Waals surface area contributed by atoms with E-state index < -0.39 is 6.10 Å². The Balaban J connectivity index is 2.07. The summed E-state index contributed by atoms with van der Waals surface area (Å²) in [6.45, 7) is 2.58. The average Bonchev–Trinajstić information content (AvgIpc) is 2.68. The molecule has 1 N–H and O–H groups in total. The van der Waals surface area contributed by atoms with E-state index in [2.05, 4.69) is 4.98 Å². The maximum Gasteiger partial charge on any atom is 0.122 e. The molecule has 1 aromatic heterocycles. The fourth-order valence-electron chi connectivity index (χ4n) is 1.58. The van der Waals surface area contributed by atoms with E-state index in [4.69, 9.17) is 4.74 Å². The molecule has 0 bridgehead atoms. The first-order chi connectivity index (χ1) is 6.77. The van der Waals surface area contributed by atoms with Crippen LogP contribution in [-0.2, 0) is 4.74 Å². The Morgan fingerprint density at radius 1 is 1.64 bits per heavy atom. The first kappa shape index (κ1) is 10.1. The molecule has 4 heteroatoms. The normalized spacial score (nSPS) is 24.9. The van der Waals surface area contributed by atoms with Crippen molar-refractivity contribution in [2.45, 2.75) is 38.4 Å². The first-order valence-electron chi connectivity index (χ1n) is 5.02. The molecule has 1 aromatic rings. The molecule has 2 atom stereocenters. The van der Waals surface area contributed by atoms with Crippen LogP contribution in [0.5, 0.6) is 0 Å². The summed E-state index contributed by atoms with van der Waals surface area (Å²) in [5.41, 5.74) is 0.763. The van der Waals surface area contributed by atoms with Crippen molar-refractivity contribution in [2.24, 2.45) is 0 Å². The highest BCUT2D eigenvalue weighted by molar-refractivity contribution is 7.09. The number of aliphatic hydroxyl groups excluding tert-OH is 1. The van der Waals surface area contributed by atoms with Gasteiger partial charge in [0, 0.05) is 12.0 Å². The molecule has 1 aliphatic rings. The van der Waals surface area contributed by atoms with Gasteiger partial charge in [-0.15, -0.1) is 11.3 Å². The van der Waals surface area contributed by atoms with Crippen LogP contribution in [0.2, 0.25) is 0 Å². The Morgan fingerprint density at radius 2 is 2.50 bits per heavy atom. The molecule has 2 unspecified atom stereocenters. The van der Waals surface area contributed by atoms with Crippen LogP contribution in [0.25, 0.3) is 0 Å². The van der Waals surface area contributed by atoms with Gasteiger partial charge in [0.1, 0.15) is 11.1 Å². The lowest BCUT2D eigenvalue weighted by molar-refractivity contribution is 0.0146. The number of hydrogen-bond acceptors (Lipinski definition) is 4. The van der Waals surface area contributed by atoms with Crippen molar-refractivity contribution in [3.8, 4) is 0 Å². The lowest BCUT2D eigenvalue weighted by Crippen LogP contribution is -2.11.